The third-order valence-corrected chi connectivity index (χ3v) is 4.20. The first-order chi connectivity index (χ1) is 8.12. The molecule has 1 N–H and O–H groups in total. The Balaban J connectivity index is 2.76. The highest BCUT2D eigenvalue weighted by Gasteiger charge is 2.14. The van der Waals surface area contributed by atoms with Gasteiger partial charge in [-0.1, -0.05) is 44.9 Å². The fourth-order valence-electron chi connectivity index (χ4n) is 1.76. The second-order valence-electron chi connectivity index (χ2n) is 4.67. The van der Waals surface area contributed by atoms with Crippen molar-refractivity contribution < 1.29 is 5.11 Å². The number of aromatic nitrogens is 1. The van der Waals surface area contributed by atoms with Crippen LogP contribution in [0, 0.1) is 5.92 Å². The molecule has 0 spiro atoms. The minimum Gasteiger partial charge on any atom is -0.391 e. The minimum atomic E-state index is 0.115. The van der Waals surface area contributed by atoms with Crippen LogP contribution in [0.5, 0.6) is 0 Å². The van der Waals surface area contributed by atoms with E-state index in [2.05, 4.69) is 37.7 Å². The molecular formula is C13H24N2OS. The lowest BCUT2D eigenvalue weighted by Crippen LogP contribution is -2.23. The van der Waals surface area contributed by atoms with Crippen molar-refractivity contribution in [3.8, 4) is 0 Å². The molecule has 0 bridgehead atoms. The summed E-state index contributed by atoms with van der Waals surface area (Å²) >= 11 is 1.62. The number of anilines is 1. The first-order valence-corrected chi connectivity index (χ1v) is 7.24. The number of rotatable bonds is 7. The molecule has 0 radical (unpaired) electrons. The van der Waals surface area contributed by atoms with Crippen LogP contribution in [0.1, 0.15) is 44.2 Å². The van der Waals surface area contributed by atoms with Crippen LogP contribution in [-0.2, 0) is 13.0 Å². The Morgan fingerprint density at radius 2 is 2.12 bits per heavy atom. The summed E-state index contributed by atoms with van der Waals surface area (Å²) in [6.45, 7) is 7.75. The third kappa shape index (κ3) is 3.96. The van der Waals surface area contributed by atoms with Gasteiger partial charge in [-0.25, -0.2) is 4.98 Å². The zero-order valence-corrected chi connectivity index (χ0v) is 12.2. The number of aliphatic hydroxyl groups is 1. The standard InChI is InChI=1S/C13H24N2OS/c1-5-7-11-12(9-16)17-13(14-11)15(4)8-10(3)6-2/h10,16H,5-9H2,1-4H3. The van der Waals surface area contributed by atoms with E-state index in [9.17, 15) is 5.11 Å². The van der Waals surface area contributed by atoms with Gasteiger partial charge in [-0.15, -0.1) is 0 Å². The van der Waals surface area contributed by atoms with Gasteiger partial charge in [-0.3, -0.25) is 0 Å². The normalized spacial score (nSPS) is 12.8. The van der Waals surface area contributed by atoms with E-state index in [0.717, 1.165) is 35.1 Å². The fourth-order valence-corrected chi connectivity index (χ4v) is 2.70. The maximum atomic E-state index is 9.32. The molecule has 1 aromatic rings. The van der Waals surface area contributed by atoms with Gasteiger partial charge in [0.15, 0.2) is 5.13 Å². The summed E-state index contributed by atoms with van der Waals surface area (Å²) in [6, 6.07) is 0. The summed E-state index contributed by atoms with van der Waals surface area (Å²) in [5.74, 6) is 0.677. The monoisotopic (exact) mass is 256 g/mol. The van der Waals surface area contributed by atoms with Crippen molar-refractivity contribution in [1.82, 2.24) is 4.98 Å². The van der Waals surface area contributed by atoms with Crippen molar-refractivity contribution in [2.75, 3.05) is 18.5 Å². The summed E-state index contributed by atoms with van der Waals surface area (Å²) in [5, 5.41) is 10.4. The maximum absolute atomic E-state index is 9.32. The summed E-state index contributed by atoms with van der Waals surface area (Å²) in [4.78, 5) is 7.87. The summed E-state index contributed by atoms with van der Waals surface area (Å²) in [5.41, 5.74) is 1.08. The van der Waals surface area contributed by atoms with E-state index in [1.54, 1.807) is 11.3 Å². The van der Waals surface area contributed by atoms with Gasteiger partial charge in [0.2, 0.25) is 0 Å². The smallest absolute Gasteiger partial charge is 0.185 e. The SMILES string of the molecule is CCCc1nc(N(C)CC(C)CC)sc1CO. The molecule has 0 aromatic carbocycles. The number of hydrogen-bond acceptors (Lipinski definition) is 4. The van der Waals surface area contributed by atoms with Gasteiger partial charge in [0.05, 0.1) is 17.2 Å². The predicted molar refractivity (Wildman–Crippen MR) is 74.8 cm³/mol. The predicted octanol–water partition coefficient (Wildman–Crippen LogP) is 3.07. The van der Waals surface area contributed by atoms with Gasteiger partial charge >= 0.3 is 0 Å². The second-order valence-corrected chi connectivity index (χ2v) is 5.73. The van der Waals surface area contributed by atoms with Crippen molar-refractivity contribution >= 4 is 16.5 Å². The molecular weight excluding hydrogens is 232 g/mol. The number of hydrogen-bond donors (Lipinski definition) is 1. The van der Waals surface area contributed by atoms with E-state index >= 15 is 0 Å². The average molecular weight is 256 g/mol. The molecule has 0 amide bonds. The van der Waals surface area contributed by atoms with E-state index in [1.165, 1.54) is 6.42 Å². The molecule has 0 saturated heterocycles. The van der Waals surface area contributed by atoms with Crippen LogP contribution < -0.4 is 4.90 Å². The molecule has 98 valence electrons. The fraction of sp³-hybridized carbons (Fsp3) is 0.769. The Morgan fingerprint density at radius 3 is 2.65 bits per heavy atom. The van der Waals surface area contributed by atoms with Crippen LogP contribution in [0.2, 0.25) is 0 Å². The van der Waals surface area contributed by atoms with Crippen molar-refractivity contribution in [3.63, 3.8) is 0 Å². The Morgan fingerprint density at radius 1 is 1.41 bits per heavy atom. The highest BCUT2D eigenvalue weighted by Crippen LogP contribution is 2.27. The van der Waals surface area contributed by atoms with E-state index in [1.807, 2.05) is 0 Å². The van der Waals surface area contributed by atoms with Crippen molar-refractivity contribution in [2.24, 2.45) is 5.92 Å². The van der Waals surface area contributed by atoms with Crippen molar-refractivity contribution in [1.29, 1.82) is 0 Å². The largest absolute Gasteiger partial charge is 0.391 e. The van der Waals surface area contributed by atoms with Gasteiger partial charge in [0, 0.05) is 13.6 Å². The molecule has 1 atom stereocenters. The van der Waals surface area contributed by atoms with Crippen LogP contribution in [0.3, 0.4) is 0 Å². The second kappa shape index (κ2) is 6.97. The zero-order valence-electron chi connectivity index (χ0n) is 11.4. The van der Waals surface area contributed by atoms with Gasteiger partial charge in [0.1, 0.15) is 0 Å². The van der Waals surface area contributed by atoms with Gasteiger partial charge in [-0.05, 0) is 12.3 Å². The summed E-state index contributed by atoms with van der Waals surface area (Å²) in [6.07, 6.45) is 3.22. The molecule has 1 aromatic heterocycles. The Bertz CT molecular complexity index is 338. The average Bonchev–Trinajstić information content (AvgIpc) is 2.72. The third-order valence-electron chi connectivity index (χ3n) is 3.01. The maximum Gasteiger partial charge on any atom is 0.185 e. The van der Waals surface area contributed by atoms with Crippen LogP contribution in [-0.4, -0.2) is 23.7 Å². The highest BCUT2D eigenvalue weighted by atomic mass is 32.1. The van der Waals surface area contributed by atoms with Gasteiger partial charge < -0.3 is 10.0 Å². The first-order valence-electron chi connectivity index (χ1n) is 6.42. The van der Waals surface area contributed by atoms with Crippen molar-refractivity contribution in [3.05, 3.63) is 10.6 Å². The van der Waals surface area contributed by atoms with Crippen LogP contribution in [0.25, 0.3) is 0 Å². The Labute approximate surface area is 108 Å². The molecule has 4 heteroatoms. The molecule has 1 rings (SSSR count). The number of aryl methyl sites for hydroxylation is 1. The van der Waals surface area contributed by atoms with E-state index in [4.69, 9.17) is 0 Å². The number of nitrogens with zero attached hydrogens (tertiary/aromatic N) is 2. The molecule has 3 nitrogen and oxygen atoms in total. The highest BCUT2D eigenvalue weighted by molar-refractivity contribution is 7.15. The number of aliphatic hydroxyl groups excluding tert-OH is 1. The molecule has 1 heterocycles. The molecule has 17 heavy (non-hydrogen) atoms. The van der Waals surface area contributed by atoms with Crippen molar-refractivity contribution in [2.45, 2.75) is 46.6 Å². The Hall–Kier alpha value is -0.610. The Kier molecular flexibility index (Phi) is 5.92. The lowest BCUT2D eigenvalue weighted by atomic mass is 10.1. The van der Waals surface area contributed by atoms with E-state index in [-0.39, 0.29) is 6.61 Å². The topological polar surface area (TPSA) is 36.4 Å². The summed E-state index contributed by atoms with van der Waals surface area (Å²) < 4.78 is 0. The molecule has 0 aliphatic heterocycles. The molecule has 0 saturated carbocycles. The lowest BCUT2D eigenvalue weighted by Gasteiger charge is -2.19. The molecule has 0 aliphatic carbocycles. The minimum absolute atomic E-state index is 0.115. The van der Waals surface area contributed by atoms with Gasteiger partial charge in [-0.2, -0.15) is 0 Å². The van der Waals surface area contributed by atoms with Crippen LogP contribution in [0.15, 0.2) is 0 Å². The lowest BCUT2D eigenvalue weighted by molar-refractivity contribution is 0.284. The van der Waals surface area contributed by atoms with Crippen LogP contribution in [0.4, 0.5) is 5.13 Å². The quantitative estimate of drug-likeness (QED) is 0.814. The van der Waals surface area contributed by atoms with E-state index < -0.39 is 0 Å². The molecule has 1 unspecified atom stereocenters. The zero-order chi connectivity index (χ0) is 12.8. The van der Waals surface area contributed by atoms with E-state index in [0.29, 0.717) is 5.92 Å². The van der Waals surface area contributed by atoms with Gasteiger partial charge in [0.25, 0.3) is 0 Å². The number of thiazole rings is 1. The summed E-state index contributed by atoms with van der Waals surface area (Å²) in [7, 11) is 2.09. The first kappa shape index (κ1) is 14.5. The van der Waals surface area contributed by atoms with Crippen LogP contribution >= 0.6 is 11.3 Å². The molecule has 0 aliphatic rings. The molecule has 0 fully saturated rings.